The van der Waals surface area contributed by atoms with E-state index in [9.17, 15) is 18.4 Å². The van der Waals surface area contributed by atoms with Crippen LogP contribution in [0.2, 0.25) is 0 Å². The number of nitrogens with one attached hydrogen (secondary N) is 1. The number of aromatic amines is 1. The van der Waals surface area contributed by atoms with E-state index in [1.807, 2.05) is 0 Å². The highest BCUT2D eigenvalue weighted by atomic mass is 19.3. The molecule has 1 saturated heterocycles. The Morgan fingerprint density at radius 3 is 2.80 bits per heavy atom. The van der Waals surface area contributed by atoms with Gasteiger partial charge in [-0.05, 0) is 19.3 Å². The van der Waals surface area contributed by atoms with Gasteiger partial charge in [-0.25, -0.2) is 0 Å². The van der Waals surface area contributed by atoms with Gasteiger partial charge in [0.1, 0.15) is 0 Å². The highest BCUT2D eigenvalue weighted by molar-refractivity contribution is 5.94. The van der Waals surface area contributed by atoms with Crippen LogP contribution in [0.15, 0.2) is 6.20 Å². The third kappa shape index (κ3) is 2.63. The Balaban J connectivity index is 2.34. The Hall–Kier alpha value is -1.99. The molecule has 110 valence electrons. The maximum Gasteiger partial charge on any atom is 0.322 e. The summed E-state index contributed by atoms with van der Waals surface area (Å²) in [6, 6.07) is -0.618. The fourth-order valence-corrected chi connectivity index (χ4v) is 2.47. The fourth-order valence-electron chi connectivity index (χ4n) is 2.47. The first-order chi connectivity index (χ1) is 9.32. The lowest BCUT2D eigenvalue weighted by molar-refractivity contribution is -0.159. The van der Waals surface area contributed by atoms with Crippen molar-refractivity contribution in [2.45, 2.75) is 38.2 Å². The minimum absolute atomic E-state index is 0.133. The Morgan fingerprint density at radius 2 is 2.20 bits per heavy atom. The second kappa shape index (κ2) is 5.18. The zero-order chi connectivity index (χ0) is 14.9. The number of nitrogens with zero attached hydrogens (tertiary/aromatic N) is 2. The molecule has 1 aromatic rings. The van der Waals surface area contributed by atoms with E-state index in [-0.39, 0.29) is 12.1 Å². The molecule has 1 aromatic heterocycles. The molecule has 0 aromatic carbocycles. The first-order valence-electron chi connectivity index (χ1n) is 6.34. The van der Waals surface area contributed by atoms with Gasteiger partial charge in [0.05, 0.1) is 23.5 Å². The minimum Gasteiger partial charge on any atom is -0.365 e. The SMILES string of the molecule is CC(F)(F)C(=O)N1CCCCC1c1[nH]ncc1C(N)=O. The van der Waals surface area contributed by atoms with Crippen molar-refractivity contribution in [3.8, 4) is 0 Å². The Kier molecular flexibility index (Phi) is 3.74. The number of halogens is 2. The van der Waals surface area contributed by atoms with E-state index in [4.69, 9.17) is 5.73 Å². The first kappa shape index (κ1) is 14.4. The summed E-state index contributed by atoms with van der Waals surface area (Å²) in [7, 11) is 0. The van der Waals surface area contributed by atoms with Gasteiger partial charge in [-0.15, -0.1) is 0 Å². The number of amides is 2. The molecule has 0 saturated carbocycles. The van der Waals surface area contributed by atoms with Crippen molar-refractivity contribution in [3.63, 3.8) is 0 Å². The lowest BCUT2D eigenvalue weighted by Gasteiger charge is -2.36. The van der Waals surface area contributed by atoms with Gasteiger partial charge in [0, 0.05) is 13.5 Å². The van der Waals surface area contributed by atoms with Crippen LogP contribution in [0.5, 0.6) is 0 Å². The van der Waals surface area contributed by atoms with Gasteiger partial charge in [-0.3, -0.25) is 14.7 Å². The zero-order valence-corrected chi connectivity index (χ0v) is 11.0. The third-order valence-corrected chi connectivity index (χ3v) is 3.41. The Labute approximate surface area is 114 Å². The lowest BCUT2D eigenvalue weighted by atomic mass is 9.96. The number of piperidine rings is 1. The number of carbonyl (C=O) groups is 2. The van der Waals surface area contributed by atoms with Crippen molar-refractivity contribution in [3.05, 3.63) is 17.5 Å². The smallest absolute Gasteiger partial charge is 0.322 e. The zero-order valence-electron chi connectivity index (χ0n) is 11.0. The maximum absolute atomic E-state index is 13.3. The van der Waals surface area contributed by atoms with Crippen molar-refractivity contribution < 1.29 is 18.4 Å². The van der Waals surface area contributed by atoms with E-state index in [2.05, 4.69) is 10.2 Å². The number of rotatable bonds is 3. The van der Waals surface area contributed by atoms with Crippen LogP contribution >= 0.6 is 0 Å². The molecule has 2 amide bonds. The molecule has 6 nitrogen and oxygen atoms in total. The van der Waals surface area contributed by atoms with Crippen molar-refractivity contribution in [2.75, 3.05) is 6.54 Å². The lowest BCUT2D eigenvalue weighted by Crippen LogP contribution is -2.46. The predicted octanol–water partition coefficient (Wildman–Crippen LogP) is 1.22. The second-order valence-corrected chi connectivity index (χ2v) is 4.96. The molecule has 1 atom stereocenters. The number of carbonyl (C=O) groups excluding carboxylic acids is 2. The number of H-pyrrole nitrogens is 1. The molecule has 20 heavy (non-hydrogen) atoms. The average molecular weight is 286 g/mol. The van der Waals surface area contributed by atoms with Gasteiger partial charge < -0.3 is 10.6 Å². The molecule has 0 spiro atoms. The van der Waals surface area contributed by atoms with Crippen molar-refractivity contribution in [1.29, 1.82) is 0 Å². The summed E-state index contributed by atoms with van der Waals surface area (Å²) in [5.74, 6) is -5.38. The monoisotopic (exact) mass is 286 g/mol. The van der Waals surface area contributed by atoms with Crippen LogP contribution in [-0.4, -0.2) is 39.4 Å². The number of nitrogens with two attached hydrogens (primary N) is 1. The largest absolute Gasteiger partial charge is 0.365 e. The van der Waals surface area contributed by atoms with Crippen LogP contribution in [0.4, 0.5) is 8.78 Å². The van der Waals surface area contributed by atoms with E-state index in [1.165, 1.54) is 6.20 Å². The van der Waals surface area contributed by atoms with Crippen LogP contribution in [0.1, 0.15) is 48.3 Å². The van der Waals surface area contributed by atoms with Crippen LogP contribution in [-0.2, 0) is 4.79 Å². The molecule has 0 aliphatic carbocycles. The fraction of sp³-hybridized carbons (Fsp3) is 0.583. The van der Waals surface area contributed by atoms with Gasteiger partial charge in [0.15, 0.2) is 0 Å². The summed E-state index contributed by atoms with van der Waals surface area (Å²) < 4.78 is 26.5. The quantitative estimate of drug-likeness (QED) is 0.875. The molecular formula is C12H16F2N4O2. The molecule has 1 fully saturated rings. The highest BCUT2D eigenvalue weighted by Crippen LogP contribution is 2.34. The standard InChI is InChI=1S/C12H16F2N4O2/c1-12(13,14)11(20)18-5-3-2-4-8(18)9-7(10(15)19)6-16-17-9/h6,8H,2-5H2,1H3,(H2,15,19)(H,16,17). The predicted molar refractivity (Wildman–Crippen MR) is 66.0 cm³/mol. The number of hydrogen-bond donors (Lipinski definition) is 2. The molecule has 1 unspecified atom stereocenters. The first-order valence-corrected chi connectivity index (χ1v) is 6.34. The number of aromatic nitrogens is 2. The van der Waals surface area contributed by atoms with E-state index in [0.717, 1.165) is 11.3 Å². The number of alkyl halides is 2. The van der Waals surface area contributed by atoms with Crippen LogP contribution in [0.3, 0.4) is 0 Å². The second-order valence-electron chi connectivity index (χ2n) is 4.96. The average Bonchev–Trinajstić information content (AvgIpc) is 2.86. The molecule has 3 N–H and O–H groups in total. The normalized spacial score (nSPS) is 19.9. The summed E-state index contributed by atoms with van der Waals surface area (Å²) in [4.78, 5) is 24.2. The molecule has 0 bridgehead atoms. The molecule has 1 aliphatic rings. The summed E-state index contributed by atoms with van der Waals surface area (Å²) in [5.41, 5.74) is 5.68. The number of hydrogen-bond acceptors (Lipinski definition) is 3. The molecule has 0 radical (unpaired) electrons. The molecule has 2 rings (SSSR count). The van der Waals surface area contributed by atoms with Crippen LogP contribution in [0, 0.1) is 0 Å². The van der Waals surface area contributed by atoms with Crippen molar-refractivity contribution in [1.82, 2.24) is 15.1 Å². The molecule has 1 aliphatic heterocycles. The third-order valence-electron chi connectivity index (χ3n) is 3.41. The van der Waals surface area contributed by atoms with Crippen LogP contribution in [0.25, 0.3) is 0 Å². The molecule has 8 heteroatoms. The summed E-state index contributed by atoms with van der Waals surface area (Å²) in [5, 5.41) is 6.33. The summed E-state index contributed by atoms with van der Waals surface area (Å²) in [6.45, 7) is 0.799. The van der Waals surface area contributed by atoms with Crippen molar-refractivity contribution in [2.24, 2.45) is 5.73 Å². The number of primary amides is 1. The highest BCUT2D eigenvalue weighted by Gasteiger charge is 2.41. The topological polar surface area (TPSA) is 92.1 Å². The van der Waals surface area contributed by atoms with Gasteiger partial charge in [0.2, 0.25) is 0 Å². The van der Waals surface area contributed by atoms with Gasteiger partial charge in [0.25, 0.3) is 11.8 Å². The van der Waals surface area contributed by atoms with Gasteiger partial charge >= 0.3 is 5.92 Å². The molecule has 2 heterocycles. The van der Waals surface area contributed by atoms with Gasteiger partial charge in [-0.2, -0.15) is 13.9 Å². The van der Waals surface area contributed by atoms with E-state index >= 15 is 0 Å². The van der Waals surface area contributed by atoms with Crippen molar-refractivity contribution >= 4 is 11.8 Å². The summed E-state index contributed by atoms with van der Waals surface area (Å²) >= 11 is 0. The Morgan fingerprint density at radius 1 is 1.50 bits per heavy atom. The maximum atomic E-state index is 13.3. The van der Waals surface area contributed by atoms with Crippen LogP contribution < -0.4 is 5.73 Å². The summed E-state index contributed by atoms with van der Waals surface area (Å²) in [6.07, 6.45) is 3.17. The Bertz CT molecular complexity index is 524. The van der Waals surface area contributed by atoms with E-state index < -0.39 is 23.8 Å². The molecular weight excluding hydrogens is 270 g/mol. The van der Waals surface area contributed by atoms with E-state index in [0.29, 0.717) is 25.5 Å². The number of likely N-dealkylation sites (tertiary alicyclic amines) is 1. The van der Waals surface area contributed by atoms with E-state index in [1.54, 1.807) is 0 Å². The minimum atomic E-state index is -3.44. The van der Waals surface area contributed by atoms with Gasteiger partial charge in [-0.1, -0.05) is 0 Å².